The molecule has 0 N–H and O–H groups in total. The first-order chi connectivity index (χ1) is 16.7. The molecule has 4 aromatic rings. The maximum absolute atomic E-state index is 13.7. The number of hydrogen-bond acceptors (Lipinski definition) is 5. The maximum atomic E-state index is 13.7. The second-order valence-electron chi connectivity index (χ2n) is 7.93. The number of ether oxygens (including phenoxy) is 3. The summed E-state index contributed by atoms with van der Waals surface area (Å²) in [5.41, 5.74) is 2.44. The van der Waals surface area contributed by atoms with Crippen LogP contribution in [0.4, 0.5) is 0 Å². The summed E-state index contributed by atoms with van der Waals surface area (Å²) in [6.45, 7) is 0. The van der Waals surface area contributed by atoms with Crippen molar-refractivity contribution in [2.24, 2.45) is 0 Å². The minimum atomic E-state index is -1.09. The minimum absolute atomic E-state index is 0.309. The quantitative estimate of drug-likeness (QED) is 0.262. The van der Waals surface area contributed by atoms with Crippen molar-refractivity contribution in [3.05, 3.63) is 125 Å². The summed E-state index contributed by atoms with van der Waals surface area (Å²) in [6.07, 6.45) is -1.09. The summed E-state index contributed by atoms with van der Waals surface area (Å²) in [5, 5.41) is 0. The zero-order valence-corrected chi connectivity index (χ0v) is 18.5. The number of Topliss-reactive ketones (excluding diaryl/α,β-unsaturated/α-hetero) is 1. The standard InChI is InChI=1S/C29H22O5/c1-32-21-17-15-19(16-18-21)27(30)28(20-9-3-2-4-10-20)34-29(31)26-22-11-5-7-13-24(22)33-25-14-8-6-12-23(25)26/h2-18,26,28H,1H3/t28-/m1/s1. The van der Waals surface area contributed by atoms with Crippen molar-refractivity contribution in [1.82, 2.24) is 0 Å². The lowest BCUT2D eigenvalue weighted by Crippen LogP contribution is -2.26. The fourth-order valence-electron chi connectivity index (χ4n) is 4.16. The van der Waals surface area contributed by atoms with Gasteiger partial charge in [-0.1, -0.05) is 66.7 Å². The van der Waals surface area contributed by atoms with Crippen LogP contribution in [0.15, 0.2) is 103 Å². The second kappa shape index (κ2) is 9.24. The van der Waals surface area contributed by atoms with Crippen molar-refractivity contribution in [3.63, 3.8) is 0 Å². The predicted octanol–water partition coefficient (Wildman–Crippen LogP) is 6.10. The van der Waals surface area contributed by atoms with Crippen molar-refractivity contribution >= 4 is 11.8 Å². The van der Waals surface area contributed by atoms with E-state index in [1.807, 2.05) is 66.7 Å². The third-order valence-electron chi connectivity index (χ3n) is 5.86. The Labute approximate surface area is 197 Å². The zero-order valence-electron chi connectivity index (χ0n) is 18.5. The zero-order chi connectivity index (χ0) is 23.5. The molecule has 0 fully saturated rings. The van der Waals surface area contributed by atoms with Crippen LogP contribution in [0, 0.1) is 0 Å². The van der Waals surface area contributed by atoms with E-state index in [2.05, 4.69) is 0 Å². The number of benzene rings is 4. The van der Waals surface area contributed by atoms with Gasteiger partial charge in [0.15, 0.2) is 6.10 Å². The molecule has 0 bridgehead atoms. The fourth-order valence-corrected chi connectivity index (χ4v) is 4.16. The van der Waals surface area contributed by atoms with E-state index in [1.54, 1.807) is 43.5 Å². The highest BCUT2D eigenvalue weighted by atomic mass is 16.5. The van der Waals surface area contributed by atoms with E-state index in [1.165, 1.54) is 0 Å². The number of carbonyl (C=O) groups is 2. The Hall–Kier alpha value is -4.38. The lowest BCUT2D eigenvalue weighted by atomic mass is 9.88. The number of methoxy groups -OCH3 is 1. The van der Waals surface area contributed by atoms with Crippen LogP contribution in [-0.2, 0) is 9.53 Å². The molecule has 1 aliphatic heterocycles. The average molecular weight is 450 g/mol. The molecule has 5 nitrogen and oxygen atoms in total. The smallest absolute Gasteiger partial charge is 0.319 e. The number of rotatable bonds is 6. The molecule has 0 saturated carbocycles. The van der Waals surface area contributed by atoms with Gasteiger partial charge < -0.3 is 14.2 Å². The first kappa shape index (κ1) is 21.5. The average Bonchev–Trinajstić information content (AvgIpc) is 2.90. The Bertz CT molecular complexity index is 1280. The summed E-state index contributed by atoms with van der Waals surface area (Å²) < 4.78 is 17.2. The minimum Gasteiger partial charge on any atom is -0.497 e. The Morgan fingerprint density at radius 2 is 1.29 bits per heavy atom. The van der Waals surface area contributed by atoms with E-state index in [9.17, 15) is 9.59 Å². The summed E-state index contributed by atoms with van der Waals surface area (Å²) >= 11 is 0. The molecule has 4 aromatic carbocycles. The highest BCUT2D eigenvalue weighted by Gasteiger charge is 2.36. The monoisotopic (exact) mass is 450 g/mol. The Kier molecular flexibility index (Phi) is 5.83. The van der Waals surface area contributed by atoms with E-state index in [4.69, 9.17) is 14.2 Å². The van der Waals surface area contributed by atoms with Crippen LogP contribution in [0.1, 0.15) is 39.1 Å². The molecule has 0 aliphatic carbocycles. The van der Waals surface area contributed by atoms with E-state index in [-0.39, 0.29) is 5.78 Å². The second-order valence-corrected chi connectivity index (χ2v) is 7.93. The van der Waals surface area contributed by atoms with Crippen molar-refractivity contribution in [2.75, 3.05) is 7.11 Å². The first-order valence-corrected chi connectivity index (χ1v) is 10.9. The highest BCUT2D eigenvalue weighted by Crippen LogP contribution is 2.45. The van der Waals surface area contributed by atoms with Gasteiger partial charge in [-0.2, -0.15) is 0 Å². The Morgan fingerprint density at radius 3 is 1.88 bits per heavy atom. The van der Waals surface area contributed by atoms with Gasteiger partial charge in [0.1, 0.15) is 23.2 Å². The molecule has 1 heterocycles. The fraction of sp³-hybridized carbons (Fsp3) is 0.103. The van der Waals surface area contributed by atoms with E-state index < -0.39 is 18.0 Å². The lowest BCUT2D eigenvalue weighted by Gasteiger charge is -2.28. The lowest BCUT2D eigenvalue weighted by molar-refractivity contribution is -0.148. The summed E-state index contributed by atoms with van der Waals surface area (Å²) in [4.78, 5) is 27.2. The van der Waals surface area contributed by atoms with Gasteiger partial charge in [-0.25, -0.2) is 0 Å². The van der Waals surface area contributed by atoms with Crippen molar-refractivity contribution in [1.29, 1.82) is 0 Å². The van der Waals surface area contributed by atoms with Crippen molar-refractivity contribution in [2.45, 2.75) is 12.0 Å². The van der Waals surface area contributed by atoms with Gasteiger partial charge in [0, 0.05) is 22.3 Å². The largest absolute Gasteiger partial charge is 0.497 e. The molecule has 1 atom stereocenters. The predicted molar refractivity (Wildman–Crippen MR) is 127 cm³/mol. The van der Waals surface area contributed by atoms with Crippen LogP contribution in [0.5, 0.6) is 17.2 Å². The molecule has 5 rings (SSSR count). The molecular formula is C29H22O5. The van der Waals surface area contributed by atoms with Gasteiger partial charge in [-0.3, -0.25) is 9.59 Å². The number of para-hydroxylation sites is 2. The Morgan fingerprint density at radius 1 is 0.735 bits per heavy atom. The molecule has 0 radical (unpaired) electrons. The maximum Gasteiger partial charge on any atom is 0.319 e. The SMILES string of the molecule is COc1ccc(C(=O)[C@H](OC(=O)C2c3ccccc3Oc3ccccc32)c2ccccc2)cc1. The van der Waals surface area contributed by atoms with Gasteiger partial charge in [-0.05, 0) is 36.4 Å². The Balaban J connectivity index is 1.52. The number of esters is 1. The molecule has 0 saturated heterocycles. The molecule has 0 spiro atoms. The first-order valence-electron chi connectivity index (χ1n) is 10.9. The van der Waals surface area contributed by atoms with Crippen LogP contribution in [0.3, 0.4) is 0 Å². The number of hydrogen-bond donors (Lipinski definition) is 0. The van der Waals surface area contributed by atoms with Crippen LogP contribution in [-0.4, -0.2) is 18.9 Å². The van der Waals surface area contributed by atoms with E-state index in [0.29, 0.717) is 39.5 Å². The molecule has 5 heteroatoms. The molecule has 1 aliphatic rings. The highest BCUT2D eigenvalue weighted by molar-refractivity contribution is 6.01. The van der Waals surface area contributed by atoms with Crippen molar-refractivity contribution in [3.8, 4) is 17.2 Å². The van der Waals surface area contributed by atoms with Gasteiger partial charge in [0.05, 0.1) is 7.11 Å². The van der Waals surface area contributed by atoms with E-state index >= 15 is 0 Å². The number of carbonyl (C=O) groups excluding carboxylic acids is 2. The molecule has 34 heavy (non-hydrogen) atoms. The van der Waals surface area contributed by atoms with Gasteiger partial charge >= 0.3 is 5.97 Å². The van der Waals surface area contributed by atoms with Gasteiger partial charge in [-0.15, -0.1) is 0 Å². The summed E-state index contributed by atoms with van der Waals surface area (Å²) in [7, 11) is 1.56. The summed E-state index contributed by atoms with van der Waals surface area (Å²) in [6, 6.07) is 30.6. The van der Waals surface area contributed by atoms with Crippen LogP contribution < -0.4 is 9.47 Å². The molecular weight excluding hydrogens is 428 g/mol. The third kappa shape index (κ3) is 4.04. The summed E-state index contributed by atoms with van der Waals surface area (Å²) in [5.74, 6) is 0.299. The normalized spacial score (nSPS) is 13.1. The van der Waals surface area contributed by atoms with Gasteiger partial charge in [0.2, 0.25) is 5.78 Å². The number of ketones is 1. The topological polar surface area (TPSA) is 61.8 Å². The molecule has 0 unspecified atom stereocenters. The number of fused-ring (bicyclic) bond motifs is 2. The third-order valence-corrected chi connectivity index (χ3v) is 5.86. The molecule has 0 amide bonds. The van der Waals surface area contributed by atoms with Crippen LogP contribution >= 0.6 is 0 Å². The van der Waals surface area contributed by atoms with Gasteiger partial charge in [0.25, 0.3) is 0 Å². The van der Waals surface area contributed by atoms with E-state index in [0.717, 1.165) is 0 Å². The molecule has 168 valence electrons. The van der Waals surface area contributed by atoms with Crippen LogP contribution in [0.2, 0.25) is 0 Å². The molecule has 0 aromatic heterocycles. The van der Waals surface area contributed by atoms with Crippen molar-refractivity contribution < 1.29 is 23.8 Å². The van der Waals surface area contributed by atoms with Crippen LogP contribution in [0.25, 0.3) is 0 Å².